The first-order valence-electron chi connectivity index (χ1n) is 15.2. The van der Waals surface area contributed by atoms with Gasteiger partial charge in [0.25, 0.3) is 0 Å². The van der Waals surface area contributed by atoms with Crippen LogP contribution >= 0.6 is 11.9 Å². The summed E-state index contributed by atoms with van der Waals surface area (Å²) >= 11 is 1.62. The molecule has 0 aliphatic rings. The summed E-state index contributed by atoms with van der Waals surface area (Å²) in [4.78, 5) is 5.14. The number of rotatable bonds is 11. The van der Waals surface area contributed by atoms with E-state index in [-0.39, 0.29) is 5.52 Å². The van der Waals surface area contributed by atoms with Crippen molar-refractivity contribution >= 4 is 22.9 Å². The molecule has 0 radical (unpaired) electrons. The molecule has 0 atom stereocenters. The van der Waals surface area contributed by atoms with Crippen LogP contribution in [0.3, 0.4) is 0 Å². The zero-order valence-corrected chi connectivity index (χ0v) is 27.4. The lowest BCUT2D eigenvalue weighted by Crippen LogP contribution is -2.15. The van der Waals surface area contributed by atoms with Crippen LogP contribution in [0.4, 0.5) is 13.2 Å². The van der Waals surface area contributed by atoms with Crippen LogP contribution in [0.2, 0.25) is 0 Å². The van der Waals surface area contributed by atoms with Gasteiger partial charge in [-0.25, -0.2) is 4.31 Å². The summed E-state index contributed by atoms with van der Waals surface area (Å²) in [7, 11) is 3.31. The number of para-hydroxylation sites is 1. The third kappa shape index (κ3) is 7.75. The highest BCUT2D eigenvalue weighted by molar-refractivity contribution is 7.97. The first-order valence-corrected chi connectivity index (χ1v) is 16.0. The molecular formula is C39H33F3N2O3S. The minimum absolute atomic E-state index is 0.0736. The van der Waals surface area contributed by atoms with E-state index in [1.165, 1.54) is 12.3 Å². The fourth-order valence-electron chi connectivity index (χ4n) is 5.52. The summed E-state index contributed by atoms with van der Waals surface area (Å²) in [5.41, 5.74) is 3.66. The molecule has 0 fully saturated rings. The molecule has 0 amide bonds. The van der Waals surface area contributed by atoms with Crippen LogP contribution in [-0.4, -0.2) is 23.5 Å². The van der Waals surface area contributed by atoms with E-state index in [0.717, 1.165) is 44.7 Å². The van der Waals surface area contributed by atoms with Crippen molar-refractivity contribution in [3.05, 3.63) is 144 Å². The van der Waals surface area contributed by atoms with Crippen LogP contribution in [-0.2, 0) is 19.3 Å². The lowest BCUT2D eigenvalue weighted by molar-refractivity contribution is -0.136. The molecule has 0 unspecified atom stereocenters. The molecule has 0 aliphatic carbocycles. The molecule has 6 rings (SSSR count). The van der Waals surface area contributed by atoms with Crippen LogP contribution in [0.15, 0.2) is 126 Å². The molecule has 1 heterocycles. The van der Waals surface area contributed by atoms with Crippen molar-refractivity contribution in [2.45, 2.75) is 31.1 Å². The van der Waals surface area contributed by atoms with E-state index in [2.05, 4.69) is 33.6 Å². The monoisotopic (exact) mass is 666 g/mol. The van der Waals surface area contributed by atoms with E-state index < -0.39 is 11.7 Å². The van der Waals surface area contributed by atoms with Gasteiger partial charge in [0.2, 0.25) is 0 Å². The van der Waals surface area contributed by atoms with Crippen LogP contribution in [0.5, 0.6) is 23.0 Å². The zero-order chi connectivity index (χ0) is 33.7. The minimum Gasteiger partial charge on any atom is -0.497 e. The number of hydrogen-bond acceptors (Lipinski definition) is 6. The quantitative estimate of drug-likeness (QED) is 0.128. The molecule has 9 heteroatoms. The van der Waals surface area contributed by atoms with E-state index in [1.807, 2.05) is 79.7 Å². The highest BCUT2D eigenvalue weighted by Crippen LogP contribution is 2.39. The molecule has 6 aromatic rings. The number of fused-ring (bicyclic) bond motifs is 1. The summed E-state index contributed by atoms with van der Waals surface area (Å²) in [5.74, 6) is 2.82. The molecular weight excluding hydrogens is 634 g/mol. The molecule has 48 heavy (non-hydrogen) atoms. The number of halogens is 3. The Kier molecular flexibility index (Phi) is 9.89. The van der Waals surface area contributed by atoms with Crippen molar-refractivity contribution in [2.24, 2.45) is 0 Å². The number of alkyl halides is 3. The normalized spacial score (nSPS) is 11.6. The minimum atomic E-state index is -4.51. The largest absolute Gasteiger partial charge is 0.497 e. The van der Waals surface area contributed by atoms with Gasteiger partial charge in [0.05, 0.1) is 25.3 Å². The highest BCUT2D eigenvalue weighted by Gasteiger charge is 2.33. The number of methoxy groups -OCH3 is 2. The zero-order valence-electron chi connectivity index (χ0n) is 26.6. The second kappa shape index (κ2) is 14.4. The average Bonchev–Trinajstić information content (AvgIpc) is 3.08. The van der Waals surface area contributed by atoms with Crippen molar-refractivity contribution in [2.75, 3.05) is 14.2 Å². The molecule has 0 N–H and O–H groups in total. The first-order chi connectivity index (χ1) is 23.2. The van der Waals surface area contributed by atoms with E-state index in [0.29, 0.717) is 35.5 Å². The van der Waals surface area contributed by atoms with Crippen molar-refractivity contribution < 1.29 is 27.4 Å². The summed E-state index contributed by atoms with van der Waals surface area (Å²) in [6.07, 6.45) is -3.02. The Morgan fingerprint density at radius 3 is 1.88 bits per heavy atom. The van der Waals surface area contributed by atoms with Gasteiger partial charge in [0.15, 0.2) is 0 Å². The third-order valence-electron chi connectivity index (χ3n) is 7.83. The second-order valence-corrected chi connectivity index (χ2v) is 12.4. The van der Waals surface area contributed by atoms with Gasteiger partial charge in [-0.1, -0.05) is 54.6 Å². The predicted octanol–water partition coefficient (Wildman–Crippen LogP) is 10.7. The van der Waals surface area contributed by atoms with Crippen molar-refractivity contribution in [3.8, 4) is 34.1 Å². The SMILES string of the molecule is COc1ccc(CN(Cc2ccc(OC)cc2)Sc2cccc(Oc3cccc(-c4c(C)cnc5c(C(F)(F)F)cccc45)c3)c2)cc1. The first kappa shape index (κ1) is 32.9. The summed E-state index contributed by atoms with van der Waals surface area (Å²) < 4.78 is 60.6. The number of hydrogen-bond donors (Lipinski definition) is 0. The maximum Gasteiger partial charge on any atom is 0.418 e. The van der Waals surface area contributed by atoms with Gasteiger partial charge in [-0.05, 0) is 107 Å². The number of ether oxygens (including phenoxy) is 3. The maximum atomic E-state index is 13.8. The fourth-order valence-corrected chi connectivity index (χ4v) is 6.55. The summed E-state index contributed by atoms with van der Waals surface area (Å²) in [5, 5.41) is 0.439. The van der Waals surface area contributed by atoms with E-state index in [1.54, 1.807) is 32.2 Å². The topological polar surface area (TPSA) is 43.8 Å². The Bertz CT molecular complexity index is 1970. The average molecular weight is 667 g/mol. The van der Waals surface area contributed by atoms with Crippen LogP contribution in [0.1, 0.15) is 22.3 Å². The van der Waals surface area contributed by atoms with Crippen LogP contribution in [0, 0.1) is 6.92 Å². The lowest BCUT2D eigenvalue weighted by Gasteiger charge is -2.22. The standard InChI is InChI=1S/C39H33F3N2O3S/c1-26-23-43-38-35(11-6-12-36(38)39(40,41)42)37(26)29-7-4-8-32(21-29)47-33-9-5-10-34(22-33)48-44(24-27-13-17-30(45-2)18-14-27)25-28-15-19-31(46-3)20-16-28/h4-23H,24-25H2,1-3H3. The molecule has 0 saturated heterocycles. The van der Waals surface area contributed by atoms with Gasteiger partial charge in [-0.2, -0.15) is 13.2 Å². The molecule has 5 nitrogen and oxygen atoms in total. The molecule has 5 aromatic carbocycles. The Morgan fingerprint density at radius 1 is 0.688 bits per heavy atom. The highest BCUT2D eigenvalue weighted by atomic mass is 32.2. The number of aromatic nitrogens is 1. The van der Waals surface area contributed by atoms with Crippen LogP contribution < -0.4 is 14.2 Å². The van der Waals surface area contributed by atoms with Gasteiger partial charge in [-0.3, -0.25) is 4.98 Å². The number of benzene rings is 5. The van der Waals surface area contributed by atoms with Crippen molar-refractivity contribution in [3.63, 3.8) is 0 Å². The number of aryl methyl sites for hydroxylation is 1. The van der Waals surface area contributed by atoms with E-state index >= 15 is 0 Å². The van der Waals surface area contributed by atoms with Crippen molar-refractivity contribution in [1.29, 1.82) is 0 Å². The Morgan fingerprint density at radius 2 is 1.27 bits per heavy atom. The molecule has 0 spiro atoms. The summed E-state index contributed by atoms with van der Waals surface area (Å²) in [6, 6.07) is 35.5. The van der Waals surface area contributed by atoms with Crippen molar-refractivity contribution in [1.82, 2.24) is 9.29 Å². The van der Waals surface area contributed by atoms with Gasteiger partial charge in [0, 0.05) is 29.6 Å². The van der Waals surface area contributed by atoms with Gasteiger partial charge in [0.1, 0.15) is 23.0 Å². The molecule has 1 aromatic heterocycles. The predicted molar refractivity (Wildman–Crippen MR) is 185 cm³/mol. The molecule has 0 saturated carbocycles. The lowest BCUT2D eigenvalue weighted by atomic mass is 9.95. The third-order valence-corrected chi connectivity index (χ3v) is 8.81. The molecule has 0 bridgehead atoms. The van der Waals surface area contributed by atoms with Gasteiger partial charge < -0.3 is 14.2 Å². The Labute approximate surface area is 282 Å². The molecule has 244 valence electrons. The summed E-state index contributed by atoms with van der Waals surface area (Å²) in [6.45, 7) is 3.21. The second-order valence-electron chi connectivity index (χ2n) is 11.2. The number of pyridine rings is 1. The Hall–Kier alpha value is -4.99. The number of nitrogens with zero attached hydrogens (tertiary/aromatic N) is 2. The van der Waals surface area contributed by atoms with Crippen LogP contribution in [0.25, 0.3) is 22.0 Å². The fraction of sp³-hybridized carbons (Fsp3) is 0.154. The van der Waals surface area contributed by atoms with Gasteiger partial charge in [-0.15, -0.1) is 0 Å². The van der Waals surface area contributed by atoms with E-state index in [4.69, 9.17) is 14.2 Å². The van der Waals surface area contributed by atoms with Gasteiger partial charge >= 0.3 is 6.18 Å². The molecule has 0 aliphatic heterocycles. The Balaban J connectivity index is 1.25. The maximum absolute atomic E-state index is 13.8. The van der Waals surface area contributed by atoms with E-state index in [9.17, 15) is 13.2 Å². The smallest absolute Gasteiger partial charge is 0.418 e.